The van der Waals surface area contributed by atoms with E-state index >= 15 is 0 Å². The van der Waals surface area contributed by atoms with Crippen LogP contribution in [0.15, 0.2) is 33.7 Å². The molecule has 5 heteroatoms. The highest BCUT2D eigenvalue weighted by Crippen LogP contribution is 2.36. The van der Waals surface area contributed by atoms with Gasteiger partial charge in [-0.05, 0) is 42.9 Å². The van der Waals surface area contributed by atoms with Gasteiger partial charge in [-0.25, -0.2) is 0 Å². The first-order valence-corrected chi connectivity index (χ1v) is 8.06. The predicted octanol–water partition coefficient (Wildman–Crippen LogP) is 3.58. The predicted molar refractivity (Wildman–Crippen MR) is 80.5 cm³/mol. The molecule has 20 heavy (non-hydrogen) atoms. The molecule has 0 aliphatic heterocycles. The molecule has 0 saturated heterocycles. The molecule has 2 N–H and O–H groups in total. The molecule has 0 atom stereocenters. The summed E-state index contributed by atoms with van der Waals surface area (Å²) in [5.41, 5.74) is 6.90. The summed E-state index contributed by atoms with van der Waals surface area (Å²) in [5.74, 6) is 2.28. The Balaban J connectivity index is 1.82. The van der Waals surface area contributed by atoms with E-state index in [1.165, 1.54) is 4.90 Å². The molecular weight excluding hydrogens is 270 g/mol. The lowest BCUT2D eigenvalue weighted by Gasteiger charge is -2.17. The average Bonchev–Trinajstić information content (AvgIpc) is 3.10. The van der Waals surface area contributed by atoms with Crippen molar-refractivity contribution in [2.24, 2.45) is 5.73 Å². The van der Waals surface area contributed by atoms with Crippen molar-refractivity contribution in [3.63, 3.8) is 0 Å². The maximum Gasteiger partial charge on any atom is 0.247 e. The van der Waals surface area contributed by atoms with E-state index < -0.39 is 5.54 Å². The number of nitrogens with two attached hydrogens (primary N) is 1. The van der Waals surface area contributed by atoms with Crippen molar-refractivity contribution in [3.05, 3.63) is 30.2 Å². The van der Waals surface area contributed by atoms with Gasteiger partial charge in [0.05, 0.1) is 5.54 Å². The minimum Gasteiger partial charge on any atom is -0.337 e. The second-order valence-corrected chi connectivity index (χ2v) is 6.58. The van der Waals surface area contributed by atoms with Crippen LogP contribution >= 0.6 is 11.8 Å². The summed E-state index contributed by atoms with van der Waals surface area (Å²) in [6, 6.07) is 8.25. The number of hydrogen-bond acceptors (Lipinski definition) is 5. The maximum absolute atomic E-state index is 6.34. The third-order valence-corrected chi connectivity index (χ3v) is 4.67. The van der Waals surface area contributed by atoms with E-state index in [1.807, 2.05) is 23.9 Å². The highest BCUT2D eigenvalue weighted by molar-refractivity contribution is 7.99. The second-order valence-electron chi connectivity index (χ2n) is 5.24. The SMILES string of the molecule is CCSc1ccc(-c2noc(C3(N)CCCC3)n2)cc1. The van der Waals surface area contributed by atoms with Crippen molar-refractivity contribution in [1.82, 2.24) is 10.1 Å². The summed E-state index contributed by atoms with van der Waals surface area (Å²) in [6.45, 7) is 2.15. The lowest BCUT2D eigenvalue weighted by atomic mass is 9.99. The van der Waals surface area contributed by atoms with Crippen LogP contribution in [0.2, 0.25) is 0 Å². The first-order valence-electron chi connectivity index (χ1n) is 7.07. The Bertz CT molecular complexity index is 573. The molecule has 0 bridgehead atoms. The van der Waals surface area contributed by atoms with Crippen molar-refractivity contribution < 1.29 is 4.52 Å². The van der Waals surface area contributed by atoms with Crippen LogP contribution in [-0.4, -0.2) is 15.9 Å². The molecular formula is C15H19N3OS. The average molecular weight is 289 g/mol. The van der Waals surface area contributed by atoms with Crippen LogP contribution in [0.1, 0.15) is 38.5 Å². The van der Waals surface area contributed by atoms with Crippen molar-refractivity contribution >= 4 is 11.8 Å². The Morgan fingerprint density at radius 1 is 1.25 bits per heavy atom. The summed E-state index contributed by atoms with van der Waals surface area (Å²) in [4.78, 5) is 5.76. The summed E-state index contributed by atoms with van der Waals surface area (Å²) in [7, 11) is 0. The van der Waals surface area contributed by atoms with Crippen LogP contribution in [0.4, 0.5) is 0 Å². The number of nitrogens with zero attached hydrogens (tertiary/aromatic N) is 2. The maximum atomic E-state index is 6.34. The number of aromatic nitrogens is 2. The van der Waals surface area contributed by atoms with Crippen LogP contribution in [0.3, 0.4) is 0 Å². The van der Waals surface area contributed by atoms with Gasteiger partial charge in [-0.1, -0.05) is 24.9 Å². The van der Waals surface area contributed by atoms with E-state index in [0.717, 1.165) is 37.0 Å². The molecule has 1 heterocycles. The van der Waals surface area contributed by atoms with E-state index in [1.54, 1.807) is 0 Å². The van der Waals surface area contributed by atoms with Gasteiger partial charge in [0, 0.05) is 10.5 Å². The van der Waals surface area contributed by atoms with E-state index in [0.29, 0.717) is 11.7 Å². The molecule has 1 aliphatic rings. The topological polar surface area (TPSA) is 64.9 Å². The quantitative estimate of drug-likeness (QED) is 0.872. The van der Waals surface area contributed by atoms with E-state index in [4.69, 9.17) is 10.3 Å². The summed E-state index contributed by atoms with van der Waals surface area (Å²) in [5, 5.41) is 4.08. The third kappa shape index (κ3) is 2.60. The highest BCUT2D eigenvalue weighted by Gasteiger charge is 2.36. The van der Waals surface area contributed by atoms with Crippen LogP contribution in [0.5, 0.6) is 0 Å². The first kappa shape index (κ1) is 13.6. The van der Waals surface area contributed by atoms with Gasteiger partial charge in [-0.3, -0.25) is 0 Å². The Labute approximate surface area is 123 Å². The molecule has 0 spiro atoms. The number of rotatable bonds is 4. The number of thioether (sulfide) groups is 1. The third-order valence-electron chi connectivity index (χ3n) is 3.77. The van der Waals surface area contributed by atoms with Crippen LogP contribution in [0, 0.1) is 0 Å². The zero-order chi connectivity index (χ0) is 14.0. The zero-order valence-corrected chi connectivity index (χ0v) is 12.4. The van der Waals surface area contributed by atoms with Crippen molar-refractivity contribution in [2.75, 3.05) is 5.75 Å². The first-order chi connectivity index (χ1) is 9.71. The molecule has 3 rings (SSSR count). The fraction of sp³-hybridized carbons (Fsp3) is 0.467. The largest absolute Gasteiger partial charge is 0.337 e. The van der Waals surface area contributed by atoms with Gasteiger partial charge in [0.2, 0.25) is 11.7 Å². The second kappa shape index (κ2) is 5.58. The van der Waals surface area contributed by atoms with Crippen LogP contribution in [-0.2, 0) is 5.54 Å². The Morgan fingerprint density at radius 3 is 2.60 bits per heavy atom. The molecule has 0 radical (unpaired) electrons. The monoisotopic (exact) mass is 289 g/mol. The van der Waals surface area contributed by atoms with Gasteiger partial charge < -0.3 is 10.3 Å². The Morgan fingerprint density at radius 2 is 1.95 bits per heavy atom. The van der Waals surface area contributed by atoms with Crippen molar-refractivity contribution in [2.45, 2.75) is 43.0 Å². The summed E-state index contributed by atoms with van der Waals surface area (Å²) in [6.07, 6.45) is 4.13. The van der Waals surface area contributed by atoms with Crippen molar-refractivity contribution in [3.8, 4) is 11.4 Å². The van der Waals surface area contributed by atoms with Gasteiger partial charge in [0.15, 0.2) is 0 Å². The summed E-state index contributed by atoms with van der Waals surface area (Å²) < 4.78 is 5.39. The van der Waals surface area contributed by atoms with Crippen LogP contribution < -0.4 is 5.73 Å². The molecule has 2 aromatic rings. The minimum atomic E-state index is -0.413. The van der Waals surface area contributed by atoms with Gasteiger partial charge in [0.1, 0.15) is 0 Å². The smallest absolute Gasteiger partial charge is 0.247 e. The molecule has 1 aromatic heterocycles. The number of benzene rings is 1. The van der Waals surface area contributed by atoms with E-state index in [2.05, 4.69) is 29.2 Å². The van der Waals surface area contributed by atoms with Gasteiger partial charge in [-0.15, -0.1) is 11.8 Å². The fourth-order valence-electron chi connectivity index (χ4n) is 2.63. The molecule has 0 unspecified atom stereocenters. The number of hydrogen-bond donors (Lipinski definition) is 1. The fourth-order valence-corrected chi connectivity index (χ4v) is 3.29. The molecule has 1 saturated carbocycles. The Hall–Kier alpha value is -1.33. The Kier molecular flexibility index (Phi) is 3.81. The molecule has 1 fully saturated rings. The molecule has 0 amide bonds. The molecule has 1 aliphatic carbocycles. The van der Waals surface area contributed by atoms with E-state index in [9.17, 15) is 0 Å². The lowest BCUT2D eigenvalue weighted by Crippen LogP contribution is -2.33. The highest BCUT2D eigenvalue weighted by atomic mass is 32.2. The molecule has 106 valence electrons. The van der Waals surface area contributed by atoms with Crippen LogP contribution in [0.25, 0.3) is 11.4 Å². The molecule has 4 nitrogen and oxygen atoms in total. The summed E-state index contributed by atoms with van der Waals surface area (Å²) >= 11 is 1.82. The van der Waals surface area contributed by atoms with Gasteiger partial charge in [0.25, 0.3) is 0 Å². The standard InChI is InChI=1S/C15H19N3OS/c1-2-20-12-7-5-11(6-8-12)13-17-14(19-18-13)15(16)9-3-4-10-15/h5-8H,2-4,9-10,16H2,1H3. The minimum absolute atomic E-state index is 0.413. The van der Waals surface area contributed by atoms with Gasteiger partial charge >= 0.3 is 0 Å². The van der Waals surface area contributed by atoms with Gasteiger partial charge in [-0.2, -0.15) is 4.98 Å². The van der Waals surface area contributed by atoms with E-state index in [-0.39, 0.29) is 0 Å². The zero-order valence-electron chi connectivity index (χ0n) is 11.6. The lowest BCUT2D eigenvalue weighted by molar-refractivity contribution is 0.285. The normalized spacial score (nSPS) is 17.5. The molecule has 1 aromatic carbocycles. The van der Waals surface area contributed by atoms with Crippen molar-refractivity contribution in [1.29, 1.82) is 0 Å².